The Morgan fingerprint density at radius 2 is 2.00 bits per heavy atom. The minimum atomic E-state index is 0.0795. The maximum Gasteiger partial charge on any atom is 0.164 e. The molecule has 0 radical (unpaired) electrons. The Balaban J connectivity index is 1.81. The molecule has 24 heavy (non-hydrogen) atoms. The molecule has 0 unspecified atom stereocenters. The molecule has 1 aliphatic carbocycles. The monoisotopic (exact) mass is 331 g/mol. The molecule has 0 saturated carbocycles. The molecule has 0 aliphatic heterocycles. The van der Waals surface area contributed by atoms with Crippen LogP contribution in [0.3, 0.4) is 0 Å². The van der Waals surface area contributed by atoms with E-state index in [0.717, 1.165) is 29.0 Å². The van der Waals surface area contributed by atoms with E-state index in [2.05, 4.69) is 16.0 Å². The van der Waals surface area contributed by atoms with Gasteiger partial charge >= 0.3 is 0 Å². The number of aromatic nitrogens is 2. The number of pyridine rings is 1. The molecule has 0 spiro atoms. The van der Waals surface area contributed by atoms with Gasteiger partial charge in [-0.25, -0.2) is 9.97 Å². The van der Waals surface area contributed by atoms with Gasteiger partial charge in [0.2, 0.25) is 0 Å². The van der Waals surface area contributed by atoms with Crippen molar-refractivity contribution in [2.45, 2.75) is 19.3 Å². The molecule has 1 aromatic carbocycles. The van der Waals surface area contributed by atoms with Crippen LogP contribution in [0, 0.1) is 11.3 Å². The van der Waals surface area contributed by atoms with E-state index in [9.17, 15) is 10.1 Å². The number of carbonyl (C=O) groups is 1. The summed E-state index contributed by atoms with van der Waals surface area (Å²) in [6, 6.07) is 13.8. The second-order valence-electron chi connectivity index (χ2n) is 5.66. The van der Waals surface area contributed by atoms with Crippen molar-refractivity contribution in [3.63, 3.8) is 0 Å². The smallest absolute Gasteiger partial charge is 0.164 e. The number of hydrogen-bond donors (Lipinski definition) is 0. The summed E-state index contributed by atoms with van der Waals surface area (Å²) in [4.78, 5) is 22.1. The first-order valence-electron chi connectivity index (χ1n) is 7.75. The van der Waals surface area contributed by atoms with Crippen LogP contribution in [0.15, 0.2) is 42.6 Å². The number of carbonyl (C=O) groups excluding carboxylic acids is 1. The fourth-order valence-corrected chi connectivity index (χ4v) is 3.83. The molecule has 5 heteroatoms. The van der Waals surface area contributed by atoms with Crippen LogP contribution in [-0.2, 0) is 6.42 Å². The molecule has 0 N–H and O–H groups in total. The third kappa shape index (κ3) is 2.51. The molecular weight excluding hydrogens is 318 g/mol. The van der Waals surface area contributed by atoms with E-state index in [4.69, 9.17) is 0 Å². The van der Waals surface area contributed by atoms with E-state index in [1.807, 2.05) is 36.5 Å². The molecule has 4 rings (SSSR count). The van der Waals surface area contributed by atoms with Crippen molar-refractivity contribution in [2.24, 2.45) is 0 Å². The lowest BCUT2D eigenvalue weighted by Gasteiger charge is -2.15. The van der Waals surface area contributed by atoms with E-state index in [-0.39, 0.29) is 5.78 Å². The quantitative estimate of drug-likeness (QED) is 0.703. The van der Waals surface area contributed by atoms with Crippen molar-refractivity contribution >= 4 is 17.1 Å². The number of ketones is 1. The highest BCUT2D eigenvalue weighted by atomic mass is 32.1. The summed E-state index contributed by atoms with van der Waals surface area (Å²) in [6.45, 7) is 0. The van der Waals surface area contributed by atoms with E-state index in [1.165, 1.54) is 11.3 Å². The van der Waals surface area contributed by atoms with Crippen molar-refractivity contribution < 1.29 is 4.79 Å². The molecule has 0 saturated heterocycles. The van der Waals surface area contributed by atoms with Crippen molar-refractivity contribution in [2.75, 3.05) is 0 Å². The number of nitriles is 1. The van der Waals surface area contributed by atoms with Crippen molar-refractivity contribution in [3.8, 4) is 27.2 Å². The first-order valence-corrected chi connectivity index (χ1v) is 8.57. The Morgan fingerprint density at radius 1 is 1.17 bits per heavy atom. The highest BCUT2D eigenvalue weighted by Gasteiger charge is 2.22. The molecule has 2 aromatic heterocycles. The molecule has 0 amide bonds. The number of benzene rings is 1. The lowest BCUT2D eigenvalue weighted by molar-refractivity contribution is 0.0971. The van der Waals surface area contributed by atoms with E-state index in [0.29, 0.717) is 28.2 Å². The van der Waals surface area contributed by atoms with Crippen molar-refractivity contribution in [1.82, 2.24) is 9.97 Å². The highest BCUT2D eigenvalue weighted by Crippen LogP contribution is 2.34. The van der Waals surface area contributed by atoms with Gasteiger partial charge in [-0.05, 0) is 24.5 Å². The number of Topliss-reactive ketones (excluding diaryl/α,β-unsaturated/α-hetero) is 1. The standard InChI is InChI=1S/C19H13N3OS/c20-10-13-9-14-15(7-4-8-16(14)23)22-18(13)19-21-11-17(24-19)12-5-2-1-3-6-12/h1-3,5-6,9,11H,4,7-8H2. The molecule has 0 atom stereocenters. The minimum absolute atomic E-state index is 0.0795. The zero-order chi connectivity index (χ0) is 16.5. The molecular formula is C19H13N3OS. The third-order valence-electron chi connectivity index (χ3n) is 4.11. The predicted molar refractivity (Wildman–Crippen MR) is 92.8 cm³/mol. The summed E-state index contributed by atoms with van der Waals surface area (Å²) in [5, 5.41) is 10.2. The van der Waals surface area contributed by atoms with E-state index >= 15 is 0 Å². The maximum absolute atomic E-state index is 12.0. The van der Waals surface area contributed by atoms with Gasteiger partial charge in [0.1, 0.15) is 16.8 Å². The number of nitrogens with zero attached hydrogens (tertiary/aromatic N) is 3. The lowest BCUT2D eigenvalue weighted by Crippen LogP contribution is -2.13. The van der Waals surface area contributed by atoms with Gasteiger partial charge < -0.3 is 0 Å². The summed E-state index contributed by atoms with van der Waals surface area (Å²) in [5.41, 5.74) is 3.47. The fourth-order valence-electron chi connectivity index (χ4n) is 2.90. The highest BCUT2D eigenvalue weighted by molar-refractivity contribution is 7.18. The Kier molecular flexibility index (Phi) is 3.68. The van der Waals surface area contributed by atoms with Gasteiger partial charge in [0.15, 0.2) is 5.78 Å². The van der Waals surface area contributed by atoms with Crippen LogP contribution < -0.4 is 0 Å². The van der Waals surface area contributed by atoms with Crippen LogP contribution in [0.5, 0.6) is 0 Å². The fraction of sp³-hybridized carbons (Fsp3) is 0.158. The molecule has 4 nitrogen and oxygen atoms in total. The average Bonchev–Trinajstić information content (AvgIpc) is 3.12. The number of thiazole rings is 1. The molecule has 1 aliphatic rings. The Morgan fingerprint density at radius 3 is 2.79 bits per heavy atom. The van der Waals surface area contributed by atoms with Crippen LogP contribution in [0.25, 0.3) is 21.1 Å². The Labute approximate surface area is 143 Å². The van der Waals surface area contributed by atoms with Crippen LogP contribution in [0.1, 0.15) is 34.5 Å². The molecule has 3 aromatic rings. The Hall–Kier alpha value is -2.84. The van der Waals surface area contributed by atoms with Gasteiger partial charge in [-0.1, -0.05) is 30.3 Å². The van der Waals surface area contributed by atoms with Crippen molar-refractivity contribution in [3.05, 3.63) is 59.4 Å². The molecule has 116 valence electrons. The van der Waals surface area contributed by atoms with Gasteiger partial charge in [0, 0.05) is 18.2 Å². The van der Waals surface area contributed by atoms with Crippen molar-refractivity contribution in [1.29, 1.82) is 5.26 Å². The maximum atomic E-state index is 12.0. The van der Waals surface area contributed by atoms with Crippen LogP contribution in [0.4, 0.5) is 0 Å². The van der Waals surface area contributed by atoms with Gasteiger partial charge in [0.05, 0.1) is 16.1 Å². The number of hydrogen-bond acceptors (Lipinski definition) is 5. The topological polar surface area (TPSA) is 66.6 Å². The number of rotatable bonds is 2. The zero-order valence-electron chi connectivity index (χ0n) is 12.8. The van der Waals surface area contributed by atoms with Gasteiger partial charge in [0.25, 0.3) is 0 Å². The second-order valence-corrected chi connectivity index (χ2v) is 6.69. The molecule has 2 heterocycles. The summed E-state index contributed by atoms with van der Waals surface area (Å²) in [5.74, 6) is 0.0795. The SMILES string of the molecule is N#Cc1cc2c(nc1-c1ncc(-c3ccccc3)s1)CCCC2=O. The van der Waals surface area contributed by atoms with Crippen LogP contribution in [0.2, 0.25) is 0 Å². The second kappa shape index (κ2) is 5.99. The third-order valence-corrected chi connectivity index (χ3v) is 5.16. The van der Waals surface area contributed by atoms with Crippen LogP contribution in [-0.4, -0.2) is 15.8 Å². The Bertz CT molecular complexity index is 970. The first-order chi connectivity index (χ1) is 11.8. The first kappa shape index (κ1) is 14.7. The zero-order valence-corrected chi connectivity index (χ0v) is 13.6. The predicted octanol–water partition coefficient (Wildman–Crippen LogP) is 4.26. The molecule has 0 bridgehead atoms. The summed E-state index contributed by atoms with van der Waals surface area (Å²) >= 11 is 1.51. The van der Waals surface area contributed by atoms with Gasteiger partial charge in [-0.15, -0.1) is 11.3 Å². The summed E-state index contributed by atoms with van der Waals surface area (Å²) in [7, 11) is 0. The average molecular weight is 331 g/mol. The van der Waals surface area contributed by atoms with Gasteiger partial charge in [-0.3, -0.25) is 4.79 Å². The summed E-state index contributed by atoms with van der Waals surface area (Å²) in [6.07, 6.45) is 3.94. The lowest BCUT2D eigenvalue weighted by atomic mass is 9.93. The minimum Gasteiger partial charge on any atom is -0.294 e. The number of fused-ring (bicyclic) bond motifs is 1. The van der Waals surface area contributed by atoms with Crippen LogP contribution >= 0.6 is 11.3 Å². The van der Waals surface area contributed by atoms with Gasteiger partial charge in [-0.2, -0.15) is 5.26 Å². The van der Waals surface area contributed by atoms with E-state index in [1.54, 1.807) is 6.07 Å². The molecule has 0 fully saturated rings. The van der Waals surface area contributed by atoms with E-state index < -0.39 is 0 Å². The largest absolute Gasteiger partial charge is 0.294 e. The number of aryl methyl sites for hydroxylation is 1. The summed E-state index contributed by atoms with van der Waals surface area (Å²) < 4.78 is 0. The normalized spacial score (nSPS) is 13.4.